The Bertz CT molecular complexity index is 836. The van der Waals surface area contributed by atoms with E-state index in [9.17, 15) is 0 Å². The summed E-state index contributed by atoms with van der Waals surface area (Å²) in [5.41, 5.74) is 3.90. The van der Waals surface area contributed by atoms with Gasteiger partial charge in [0, 0.05) is 37.7 Å². The number of nitrogens with zero attached hydrogens (tertiary/aromatic N) is 2. The number of hydrogen-bond donors (Lipinski definition) is 0. The number of halogens is 1. The topological polar surface area (TPSA) is 17.3 Å². The molecule has 2 nitrogen and oxygen atoms in total. The highest BCUT2D eigenvalue weighted by molar-refractivity contribution is 6.30. The number of benzene rings is 3. The van der Waals surface area contributed by atoms with Gasteiger partial charge in [0.1, 0.15) is 0 Å². The largest absolute Gasteiger partial charge is 0.296 e. The van der Waals surface area contributed by atoms with Crippen LogP contribution in [0.3, 0.4) is 0 Å². The number of rotatable bonds is 3. The van der Waals surface area contributed by atoms with Crippen molar-refractivity contribution in [3.05, 3.63) is 71.2 Å². The van der Waals surface area contributed by atoms with Crippen LogP contribution in [0.25, 0.3) is 21.9 Å². The zero-order valence-corrected chi connectivity index (χ0v) is 14.3. The molecule has 24 heavy (non-hydrogen) atoms. The van der Waals surface area contributed by atoms with Crippen molar-refractivity contribution < 1.29 is 0 Å². The molecule has 0 saturated carbocycles. The van der Waals surface area contributed by atoms with Gasteiger partial charge in [-0.3, -0.25) is 4.90 Å². The van der Waals surface area contributed by atoms with Gasteiger partial charge in [-0.1, -0.05) is 48.0 Å². The van der Waals surface area contributed by atoms with Crippen molar-refractivity contribution in [2.24, 2.45) is 0 Å². The Morgan fingerprint density at radius 3 is 2.25 bits per heavy atom. The van der Waals surface area contributed by atoms with E-state index in [1.165, 1.54) is 27.5 Å². The van der Waals surface area contributed by atoms with Crippen molar-refractivity contribution in [2.75, 3.05) is 26.2 Å². The standard InChI is InChI=1S/C21H20ClN2/c22-20-7-5-16(6-8-20)21-14-18-4-2-1-3-17(18)13-19(21)15-24-11-9-23-10-12-24/h1-8,13-14H,9-12,15H2. The van der Waals surface area contributed by atoms with Gasteiger partial charge in [0.2, 0.25) is 0 Å². The molecule has 4 rings (SSSR count). The van der Waals surface area contributed by atoms with Crippen molar-refractivity contribution >= 4 is 22.4 Å². The fourth-order valence-corrected chi connectivity index (χ4v) is 3.49. The maximum Gasteiger partial charge on any atom is 0.0406 e. The maximum absolute atomic E-state index is 6.07. The fraction of sp³-hybridized carbons (Fsp3) is 0.238. The minimum atomic E-state index is 0.777. The van der Waals surface area contributed by atoms with E-state index in [0.29, 0.717) is 0 Å². The third-order valence-electron chi connectivity index (χ3n) is 4.67. The molecular weight excluding hydrogens is 316 g/mol. The lowest BCUT2D eigenvalue weighted by atomic mass is 9.95. The normalized spacial score (nSPS) is 15.7. The van der Waals surface area contributed by atoms with E-state index < -0.39 is 0 Å². The Labute approximate surface area is 148 Å². The van der Waals surface area contributed by atoms with E-state index >= 15 is 0 Å². The third kappa shape index (κ3) is 3.32. The molecule has 0 unspecified atom stereocenters. The first-order valence-electron chi connectivity index (χ1n) is 8.43. The zero-order valence-electron chi connectivity index (χ0n) is 13.6. The second-order valence-electron chi connectivity index (χ2n) is 6.31. The van der Waals surface area contributed by atoms with E-state index in [1.54, 1.807) is 0 Å². The van der Waals surface area contributed by atoms with Crippen molar-refractivity contribution in [1.82, 2.24) is 10.2 Å². The highest BCUT2D eigenvalue weighted by Gasteiger charge is 2.14. The van der Waals surface area contributed by atoms with Crippen LogP contribution in [-0.2, 0) is 6.54 Å². The van der Waals surface area contributed by atoms with E-state index in [-0.39, 0.29) is 0 Å². The average molecular weight is 336 g/mol. The van der Waals surface area contributed by atoms with Crippen LogP contribution in [0.4, 0.5) is 0 Å². The molecule has 3 aromatic carbocycles. The Morgan fingerprint density at radius 1 is 0.875 bits per heavy atom. The molecule has 1 aliphatic heterocycles. The van der Waals surface area contributed by atoms with Crippen molar-refractivity contribution in [3.8, 4) is 11.1 Å². The lowest BCUT2D eigenvalue weighted by Gasteiger charge is -2.27. The molecule has 0 amide bonds. The van der Waals surface area contributed by atoms with Gasteiger partial charge in [0.05, 0.1) is 0 Å². The highest BCUT2D eigenvalue weighted by atomic mass is 35.5. The fourth-order valence-electron chi connectivity index (χ4n) is 3.36. The van der Waals surface area contributed by atoms with Crippen molar-refractivity contribution in [1.29, 1.82) is 0 Å². The summed E-state index contributed by atoms with van der Waals surface area (Å²) in [5, 5.41) is 7.81. The molecular formula is C21H20ClN2. The van der Waals surface area contributed by atoms with Crippen LogP contribution >= 0.6 is 11.6 Å². The minimum absolute atomic E-state index is 0.777. The van der Waals surface area contributed by atoms with Crippen molar-refractivity contribution in [3.63, 3.8) is 0 Å². The molecule has 1 saturated heterocycles. The van der Waals surface area contributed by atoms with E-state index in [4.69, 9.17) is 11.6 Å². The van der Waals surface area contributed by atoms with Gasteiger partial charge in [-0.25, -0.2) is 5.32 Å². The molecule has 1 radical (unpaired) electrons. The molecule has 1 aliphatic rings. The van der Waals surface area contributed by atoms with E-state index in [2.05, 4.69) is 58.7 Å². The molecule has 0 bridgehead atoms. The van der Waals surface area contributed by atoms with Crippen LogP contribution in [0, 0.1) is 0 Å². The summed E-state index contributed by atoms with van der Waals surface area (Å²) in [5.74, 6) is 0. The summed E-state index contributed by atoms with van der Waals surface area (Å²) >= 11 is 6.07. The summed E-state index contributed by atoms with van der Waals surface area (Å²) in [7, 11) is 0. The van der Waals surface area contributed by atoms with Crippen LogP contribution in [0.2, 0.25) is 5.02 Å². The summed E-state index contributed by atoms with van der Waals surface area (Å²) in [4.78, 5) is 2.50. The SMILES string of the molecule is Clc1ccc(-c2cc3ccccc3cc2CN2CC[N]CC2)cc1. The summed E-state index contributed by atoms with van der Waals surface area (Å²) in [6.45, 7) is 4.96. The third-order valence-corrected chi connectivity index (χ3v) is 4.92. The molecule has 0 spiro atoms. The molecule has 0 atom stereocenters. The maximum atomic E-state index is 6.07. The van der Waals surface area contributed by atoms with Gasteiger partial charge in [0.15, 0.2) is 0 Å². The Hall–Kier alpha value is -1.87. The first-order chi connectivity index (χ1) is 11.8. The molecule has 0 aromatic heterocycles. The lowest BCUT2D eigenvalue weighted by Crippen LogP contribution is -2.39. The van der Waals surface area contributed by atoms with Crippen LogP contribution in [-0.4, -0.2) is 31.1 Å². The van der Waals surface area contributed by atoms with Crippen LogP contribution in [0.5, 0.6) is 0 Å². The summed E-state index contributed by atoms with van der Waals surface area (Å²) in [6, 6.07) is 21.4. The van der Waals surface area contributed by atoms with Gasteiger partial charge in [-0.15, -0.1) is 0 Å². The van der Waals surface area contributed by atoms with Gasteiger partial charge in [0.25, 0.3) is 0 Å². The van der Waals surface area contributed by atoms with Crippen molar-refractivity contribution in [2.45, 2.75) is 6.54 Å². The van der Waals surface area contributed by atoms with Gasteiger partial charge >= 0.3 is 0 Å². The second kappa shape index (κ2) is 6.94. The monoisotopic (exact) mass is 335 g/mol. The molecule has 0 aliphatic carbocycles. The Kier molecular flexibility index (Phi) is 4.52. The average Bonchev–Trinajstić information content (AvgIpc) is 2.63. The lowest BCUT2D eigenvalue weighted by molar-refractivity contribution is 0.231. The summed E-state index contributed by atoms with van der Waals surface area (Å²) < 4.78 is 0. The Morgan fingerprint density at radius 2 is 1.54 bits per heavy atom. The predicted molar refractivity (Wildman–Crippen MR) is 102 cm³/mol. The smallest absolute Gasteiger partial charge is 0.0406 e. The van der Waals surface area contributed by atoms with Gasteiger partial charge in [-0.05, 0) is 51.7 Å². The number of piperazine rings is 1. The molecule has 1 heterocycles. The molecule has 121 valence electrons. The Balaban J connectivity index is 1.79. The predicted octanol–water partition coefficient (Wildman–Crippen LogP) is 4.58. The second-order valence-corrected chi connectivity index (χ2v) is 6.75. The van der Waals surface area contributed by atoms with Crippen LogP contribution < -0.4 is 5.32 Å². The molecule has 0 N–H and O–H groups in total. The van der Waals surface area contributed by atoms with Crippen LogP contribution in [0.15, 0.2) is 60.7 Å². The van der Waals surface area contributed by atoms with Gasteiger partial charge < -0.3 is 0 Å². The molecule has 3 heteroatoms. The first kappa shape index (κ1) is 15.6. The molecule has 1 fully saturated rings. The summed E-state index contributed by atoms with van der Waals surface area (Å²) in [6.07, 6.45) is 0. The van der Waals surface area contributed by atoms with Gasteiger partial charge in [-0.2, -0.15) is 0 Å². The van der Waals surface area contributed by atoms with E-state index in [0.717, 1.165) is 37.7 Å². The minimum Gasteiger partial charge on any atom is -0.296 e. The number of hydrogen-bond acceptors (Lipinski definition) is 1. The zero-order chi connectivity index (χ0) is 16.4. The van der Waals surface area contributed by atoms with E-state index in [1.807, 2.05) is 12.1 Å². The highest BCUT2D eigenvalue weighted by Crippen LogP contribution is 2.30. The number of fused-ring (bicyclic) bond motifs is 1. The molecule has 3 aromatic rings. The van der Waals surface area contributed by atoms with Crippen LogP contribution in [0.1, 0.15) is 5.56 Å². The quantitative estimate of drug-likeness (QED) is 0.684. The first-order valence-corrected chi connectivity index (χ1v) is 8.81.